The first-order valence-electron chi connectivity index (χ1n) is 5.96. The largest absolute Gasteiger partial charge is 0.363 e. The van der Waals surface area contributed by atoms with E-state index in [0.29, 0.717) is 6.04 Å². The van der Waals surface area contributed by atoms with Crippen molar-refractivity contribution in [2.24, 2.45) is 0 Å². The molecule has 2 rings (SSSR count). The van der Waals surface area contributed by atoms with E-state index >= 15 is 0 Å². The van der Waals surface area contributed by atoms with Crippen LogP contribution in [-0.4, -0.2) is 25.7 Å². The molecule has 1 saturated heterocycles. The van der Waals surface area contributed by atoms with Crippen LogP contribution in [0.25, 0.3) is 0 Å². The van der Waals surface area contributed by atoms with Gasteiger partial charge in [-0.05, 0) is 25.0 Å². The van der Waals surface area contributed by atoms with Crippen molar-refractivity contribution in [3.05, 3.63) is 29.6 Å². The summed E-state index contributed by atoms with van der Waals surface area (Å²) >= 11 is 0. The second-order valence-electron chi connectivity index (χ2n) is 4.36. The van der Waals surface area contributed by atoms with Crippen molar-refractivity contribution >= 4 is 5.69 Å². The zero-order valence-electron chi connectivity index (χ0n) is 9.96. The summed E-state index contributed by atoms with van der Waals surface area (Å²) in [6.07, 6.45) is 1.04. The average molecular weight is 222 g/mol. The van der Waals surface area contributed by atoms with Crippen molar-refractivity contribution in [1.82, 2.24) is 5.32 Å². The lowest BCUT2D eigenvalue weighted by molar-refractivity contribution is 0.458. The number of piperazine rings is 1. The highest BCUT2D eigenvalue weighted by Crippen LogP contribution is 2.27. The fourth-order valence-corrected chi connectivity index (χ4v) is 2.41. The molecule has 0 saturated carbocycles. The molecule has 1 unspecified atom stereocenters. The van der Waals surface area contributed by atoms with Crippen LogP contribution in [0.5, 0.6) is 0 Å². The molecular weight excluding hydrogens is 203 g/mol. The average Bonchev–Trinajstić information content (AvgIpc) is 2.29. The standard InChI is InChI=1S/C13H19FN2/c1-3-11-9-15-7-8-16(11)13-10(2)5-4-6-12(13)14/h4-6,11,15H,3,7-9H2,1-2H3. The van der Waals surface area contributed by atoms with Gasteiger partial charge in [-0.2, -0.15) is 0 Å². The maximum Gasteiger partial charge on any atom is 0.146 e. The van der Waals surface area contributed by atoms with E-state index in [1.54, 1.807) is 12.1 Å². The molecule has 0 aliphatic carbocycles. The third kappa shape index (κ3) is 2.05. The molecule has 0 aromatic heterocycles. The van der Waals surface area contributed by atoms with E-state index in [4.69, 9.17) is 0 Å². The number of rotatable bonds is 2. The Balaban J connectivity index is 2.34. The molecule has 0 spiro atoms. The number of halogens is 1. The van der Waals surface area contributed by atoms with Gasteiger partial charge in [-0.15, -0.1) is 0 Å². The van der Waals surface area contributed by atoms with Gasteiger partial charge in [0.1, 0.15) is 5.82 Å². The summed E-state index contributed by atoms with van der Waals surface area (Å²) in [7, 11) is 0. The summed E-state index contributed by atoms with van der Waals surface area (Å²) < 4.78 is 13.9. The molecule has 1 aromatic carbocycles. The Morgan fingerprint density at radius 2 is 2.31 bits per heavy atom. The number of nitrogens with one attached hydrogen (secondary N) is 1. The van der Waals surface area contributed by atoms with Crippen LogP contribution in [0.1, 0.15) is 18.9 Å². The van der Waals surface area contributed by atoms with Gasteiger partial charge >= 0.3 is 0 Å². The third-order valence-corrected chi connectivity index (χ3v) is 3.30. The normalized spacial score (nSPS) is 21.2. The van der Waals surface area contributed by atoms with Crippen LogP contribution >= 0.6 is 0 Å². The van der Waals surface area contributed by atoms with Crippen LogP contribution in [-0.2, 0) is 0 Å². The summed E-state index contributed by atoms with van der Waals surface area (Å²) in [5.41, 5.74) is 1.82. The van der Waals surface area contributed by atoms with Crippen molar-refractivity contribution in [1.29, 1.82) is 0 Å². The van der Waals surface area contributed by atoms with Gasteiger partial charge in [0.2, 0.25) is 0 Å². The number of anilines is 1. The van der Waals surface area contributed by atoms with Gasteiger partial charge in [0.05, 0.1) is 5.69 Å². The summed E-state index contributed by atoms with van der Waals surface area (Å²) in [5, 5.41) is 3.36. The van der Waals surface area contributed by atoms with E-state index in [-0.39, 0.29) is 5.82 Å². The molecular formula is C13H19FN2. The molecule has 1 atom stereocenters. The third-order valence-electron chi connectivity index (χ3n) is 3.30. The van der Waals surface area contributed by atoms with Gasteiger partial charge < -0.3 is 10.2 Å². The van der Waals surface area contributed by atoms with E-state index in [2.05, 4.69) is 17.1 Å². The van der Waals surface area contributed by atoms with Crippen LogP contribution in [0, 0.1) is 12.7 Å². The minimum Gasteiger partial charge on any atom is -0.363 e. The predicted octanol–water partition coefficient (Wildman–Crippen LogP) is 2.32. The van der Waals surface area contributed by atoms with E-state index in [1.165, 1.54) is 0 Å². The Hall–Kier alpha value is -1.09. The molecule has 1 aliphatic rings. The monoisotopic (exact) mass is 222 g/mol. The number of benzene rings is 1. The number of nitrogens with zero attached hydrogens (tertiary/aromatic N) is 1. The van der Waals surface area contributed by atoms with Gasteiger partial charge in [-0.1, -0.05) is 19.1 Å². The second-order valence-corrected chi connectivity index (χ2v) is 4.36. The summed E-state index contributed by atoms with van der Waals surface area (Å²) in [6.45, 7) is 6.91. The zero-order valence-corrected chi connectivity index (χ0v) is 9.96. The molecule has 0 radical (unpaired) electrons. The maximum atomic E-state index is 13.9. The van der Waals surface area contributed by atoms with Gasteiger partial charge in [-0.25, -0.2) is 4.39 Å². The molecule has 88 valence electrons. The quantitative estimate of drug-likeness (QED) is 0.826. The van der Waals surface area contributed by atoms with Crippen molar-refractivity contribution in [3.8, 4) is 0 Å². The lowest BCUT2D eigenvalue weighted by Gasteiger charge is -2.38. The summed E-state index contributed by atoms with van der Waals surface area (Å²) in [5.74, 6) is -0.0969. The number of aryl methyl sites for hydroxylation is 1. The van der Waals surface area contributed by atoms with Crippen molar-refractivity contribution in [3.63, 3.8) is 0 Å². The molecule has 1 aliphatic heterocycles. The van der Waals surface area contributed by atoms with Crippen LogP contribution in [0.3, 0.4) is 0 Å². The summed E-state index contributed by atoms with van der Waals surface area (Å²) in [4.78, 5) is 2.21. The molecule has 0 amide bonds. The smallest absolute Gasteiger partial charge is 0.146 e. The van der Waals surface area contributed by atoms with Crippen molar-refractivity contribution in [2.45, 2.75) is 26.3 Å². The Morgan fingerprint density at radius 1 is 1.50 bits per heavy atom. The van der Waals surface area contributed by atoms with Gasteiger partial charge in [-0.3, -0.25) is 0 Å². The SMILES string of the molecule is CCC1CNCCN1c1c(C)cccc1F. The van der Waals surface area contributed by atoms with E-state index in [9.17, 15) is 4.39 Å². The highest BCUT2D eigenvalue weighted by molar-refractivity contribution is 5.55. The number of hydrogen-bond acceptors (Lipinski definition) is 2. The van der Waals surface area contributed by atoms with E-state index in [0.717, 1.165) is 37.3 Å². The molecule has 1 aromatic rings. The highest BCUT2D eigenvalue weighted by atomic mass is 19.1. The predicted molar refractivity (Wildman–Crippen MR) is 65.4 cm³/mol. The fourth-order valence-electron chi connectivity index (χ4n) is 2.41. The first-order valence-corrected chi connectivity index (χ1v) is 5.96. The number of hydrogen-bond donors (Lipinski definition) is 1. The van der Waals surface area contributed by atoms with E-state index in [1.807, 2.05) is 13.0 Å². The zero-order chi connectivity index (χ0) is 11.5. The van der Waals surface area contributed by atoms with Gasteiger partial charge in [0, 0.05) is 25.7 Å². The molecule has 2 nitrogen and oxygen atoms in total. The van der Waals surface area contributed by atoms with Crippen LogP contribution in [0.2, 0.25) is 0 Å². The molecule has 3 heteroatoms. The Morgan fingerprint density at radius 3 is 3.00 bits per heavy atom. The molecule has 16 heavy (non-hydrogen) atoms. The first-order chi connectivity index (χ1) is 7.74. The van der Waals surface area contributed by atoms with Gasteiger partial charge in [0.25, 0.3) is 0 Å². The van der Waals surface area contributed by atoms with Crippen molar-refractivity contribution < 1.29 is 4.39 Å². The van der Waals surface area contributed by atoms with Crippen LogP contribution in [0.15, 0.2) is 18.2 Å². The topological polar surface area (TPSA) is 15.3 Å². The molecule has 1 N–H and O–H groups in total. The first kappa shape index (κ1) is 11.4. The highest BCUT2D eigenvalue weighted by Gasteiger charge is 2.24. The Labute approximate surface area is 96.5 Å². The minimum absolute atomic E-state index is 0.0969. The Kier molecular flexibility index (Phi) is 3.44. The minimum atomic E-state index is -0.0969. The second kappa shape index (κ2) is 4.83. The molecule has 1 heterocycles. The van der Waals surface area contributed by atoms with Crippen molar-refractivity contribution in [2.75, 3.05) is 24.5 Å². The molecule has 1 fully saturated rings. The molecule has 0 bridgehead atoms. The lowest BCUT2D eigenvalue weighted by Crippen LogP contribution is -2.51. The van der Waals surface area contributed by atoms with Gasteiger partial charge in [0.15, 0.2) is 0 Å². The fraction of sp³-hybridized carbons (Fsp3) is 0.538. The van der Waals surface area contributed by atoms with Crippen LogP contribution < -0.4 is 10.2 Å². The summed E-state index contributed by atoms with van der Waals surface area (Å²) in [6, 6.07) is 5.71. The lowest BCUT2D eigenvalue weighted by atomic mass is 10.1. The van der Waals surface area contributed by atoms with Crippen LogP contribution in [0.4, 0.5) is 10.1 Å². The Bertz CT molecular complexity index is 345. The maximum absolute atomic E-state index is 13.9. The number of para-hydroxylation sites is 1. The van der Waals surface area contributed by atoms with E-state index < -0.39 is 0 Å².